The number of hydrogen-bond acceptors (Lipinski definition) is 5. The van der Waals surface area contributed by atoms with E-state index in [1.807, 2.05) is 12.1 Å². The summed E-state index contributed by atoms with van der Waals surface area (Å²) in [5.41, 5.74) is 0.962. The van der Waals surface area contributed by atoms with Crippen LogP contribution in [0.3, 0.4) is 0 Å². The number of nitrogens with one attached hydrogen (secondary N) is 2. The molecule has 0 aliphatic rings. The summed E-state index contributed by atoms with van der Waals surface area (Å²) in [5, 5.41) is 6.17. The Kier molecular flexibility index (Phi) is 6.62. The zero-order chi connectivity index (χ0) is 19.9. The Morgan fingerprint density at radius 2 is 1.89 bits per heavy atom. The molecule has 144 valence electrons. The molecule has 0 saturated carbocycles. The largest absolute Gasteiger partial charge is 0.495 e. The minimum Gasteiger partial charge on any atom is -0.495 e. The number of carbonyl (C=O) groups is 2. The van der Waals surface area contributed by atoms with Gasteiger partial charge in [0, 0.05) is 15.6 Å². The van der Waals surface area contributed by atoms with Crippen molar-refractivity contribution in [1.29, 1.82) is 0 Å². The van der Waals surface area contributed by atoms with Gasteiger partial charge in [-0.3, -0.25) is 9.59 Å². The summed E-state index contributed by atoms with van der Waals surface area (Å²) in [4.78, 5) is 25.4. The fraction of sp³-hybridized carbons (Fsp3) is 0.100. The van der Waals surface area contributed by atoms with Crippen molar-refractivity contribution < 1.29 is 18.7 Å². The molecule has 1 heterocycles. The second kappa shape index (κ2) is 9.34. The fourth-order valence-corrected chi connectivity index (χ4v) is 3.17. The normalized spacial score (nSPS) is 10.4. The Bertz CT molecular complexity index is 959. The van der Waals surface area contributed by atoms with E-state index in [4.69, 9.17) is 20.8 Å². The van der Waals surface area contributed by atoms with E-state index in [9.17, 15) is 9.59 Å². The second-order valence-electron chi connectivity index (χ2n) is 5.64. The number of anilines is 2. The molecule has 0 aliphatic heterocycles. The Morgan fingerprint density at radius 3 is 2.57 bits per heavy atom. The first kappa shape index (κ1) is 19.9. The van der Waals surface area contributed by atoms with Gasteiger partial charge in [0.05, 0.1) is 24.8 Å². The number of halogens is 1. The van der Waals surface area contributed by atoms with Crippen LogP contribution in [0.4, 0.5) is 11.4 Å². The van der Waals surface area contributed by atoms with Gasteiger partial charge in [-0.05, 0) is 54.6 Å². The lowest BCUT2D eigenvalue weighted by molar-refractivity contribution is -0.113. The van der Waals surface area contributed by atoms with E-state index in [2.05, 4.69) is 10.6 Å². The molecule has 0 spiro atoms. The fourth-order valence-electron chi connectivity index (χ4n) is 2.35. The molecule has 3 rings (SSSR count). The molecule has 2 aromatic carbocycles. The molecule has 0 saturated heterocycles. The van der Waals surface area contributed by atoms with E-state index in [0.29, 0.717) is 22.1 Å². The Hall–Kier alpha value is -2.90. The van der Waals surface area contributed by atoms with Crippen LogP contribution in [0.5, 0.6) is 5.75 Å². The van der Waals surface area contributed by atoms with Crippen LogP contribution in [0.2, 0.25) is 5.02 Å². The number of amides is 2. The molecule has 2 amide bonds. The molecular weight excluding hydrogens is 400 g/mol. The second-order valence-corrected chi connectivity index (χ2v) is 7.12. The lowest BCUT2D eigenvalue weighted by Gasteiger charge is -2.12. The van der Waals surface area contributed by atoms with Gasteiger partial charge in [0.1, 0.15) is 5.75 Å². The lowest BCUT2D eigenvalue weighted by atomic mass is 10.2. The van der Waals surface area contributed by atoms with Crippen molar-refractivity contribution in [2.45, 2.75) is 4.90 Å². The molecule has 0 radical (unpaired) electrons. The Balaban J connectivity index is 1.65. The highest BCUT2D eigenvalue weighted by molar-refractivity contribution is 8.00. The van der Waals surface area contributed by atoms with Crippen LogP contribution in [0.15, 0.2) is 70.2 Å². The molecule has 28 heavy (non-hydrogen) atoms. The highest BCUT2D eigenvalue weighted by Crippen LogP contribution is 2.29. The van der Waals surface area contributed by atoms with Crippen LogP contribution >= 0.6 is 23.4 Å². The van der Waals surface area contributed by atoms with Crippen LogP contribution in [0.25, 0.3) is 0 Å². The maximum absolute atomic E-state index is 12.3. The van der Waals surface area contributed by atoms with Crippen LogP contribution in [-0.4, -0.2) is 24.7 Å². The van der Waals surface area contributed by atoms with E-state index in [1.54, 1.807) is 42.5 Å². The molecule has 3 aromatic rings. The molecule has 1 aromatic heterocycles. The van der Waals surface area contributed by atoms with Crippen LogP contribution in [-0.2, 0) is 4.79 Å². The van der Waals surface area contributed by atoms with Crippen LogP contribution in [0.1, 0.15) is 10.6 Å². The van der Waals surface area contributed by atoms with Gasteiger partial charge in [0.15, 0.2) is 5.76 Å². The summed E-state index contributed by atoms with van der Waals surface area (Å²) < 4.78 is 10.4. The van der Waals surface area contributed by atoms with E-state index in [-0.39, 0.29) is 23.3 Å². The van der Waals surface area contributed by atoms with Gasteiger partial charge in [-0.25, -0.2) is 0 Å². The first-order valence-corrected chi connectivity index (χ1v) is 9.62. The van der Waals surface area contributed by atoms with Gasteiger partial charge >= 0.3 is 0 Å². The number of hydrogen-bond donors (Lipinski definition) is 2. The van der Waals surface area contributed by atoms with E-state index < -0.39 is 0 Å². The van der Waals surface area contributed by atoms with Crippen LogP contribution in [0, 0.1) is 0 Å². The summed E-state index contributed by atoms with van der Waals surface area (Å²) in [7, 11) is 1.51. The monoisotopic (exact) mass is 416 g/mol. The number of methoxy groups -OCH3 is 1. The third kappa shape index (κ3) is 5.31. The van der Waals surface area contributed by atoms with Gasteiger partial charge in [-0.1, -0.05) is 11.6 Å². The van der Waals surface area contributed by atoms with Crippen molar-refractivity contribution in [3.05, 3.63) is 71.6 Å². The zero-order valence-corrected chi connectivity index (χ0v) is 16.5. The number of furan rings is 1. The zero-order valence-electron chi connectivity index (χ0n) is 14.9. The Morgan fingerprint density at radius 1 is 1.11 bits per heavy atom. The third-order valence-electron chi connectivity index (χ3n) is 3.66. The average Bonchev–Trinajstić information content (AvgIpc) is 3.23. The highest BCUT2D eigenvalue weighted by atomic mass is 35.5. The first-order valence-electron chi connectivity index (χ1n) is 8.26. The van der Waals surface area contributed by atoms with E-state index in [1.165, 1.54) is 25.1 Å². The predicted molar refractivity (Wildman–Crippen MR) is 110 cm³/mol. The summed E-state index contributed by atoms with van der Waals surface area (Å²) in [6.07, 6.45) is 1.42. The quantitative estimate of drug-likeness (QED) is 0.534. The number of carbonyl (C=O) groups excluding carboxylic acids is 2. The lowest BCUT2D eigenvalue weighted by Crippen LogP contribution is -2.16. The summed E-state index contributed by atoms with van der Waals surface area (Å²) >= 11 is 7.25. The SMILES string of the molecule is COc1ccc(NC(=O)c2ccco2)cc1NC(=O)CSc1ccc(Cl)cc1. The van der Waals surface area contributed by atoms with Gasteiger partial charge < -0.3 is 19.8 Å². The van der Waals surface area contributed by atoms with E-state index in [0.717, 1.165) is 4.90 Å². The number of thioether (sulfide) groups is 1. The van der Waals surface area contributed by atoms with Gasteiger partial charge in [-0.15, -0.1) is 11.8 Å². The summed E-state index contributed by atoms with van der Waals surface area (Å²) in [6, 6.07) is 15.4. The third-order valence-corrected chi connectivity index (χ3v) is 4.92. The van der Waals surface area contributed by atoms with Gasteiger partial charge in [-0.2, -0.15) is 0 Å². The van der Waals surface area contributed by atoms with Gasteiger partial charge in [0.25, 0.3) is 5.91 Å². The Labute approximate surface area is 171 Å². The van der Waals surface area contributed by atoms with Gasteiger partial charge in [0.2, 0.25) is 5.91 Å². The predicted octanol–water partition coefficient (Wildman–Crippen LogP) is 4.92. The molecule has 0 unspecified atom stereocenters. The molecule has 6 nitrogen and oxygen atoms in total. The smallest absolute Gasteiger partial charge is 0.291 e. The average molecular weight is 417 g/mol. The molecule has 2 N–H and O–H groups in total. The number of rotatable bonds is 7. The van der Waals surface area contributed by atoms with Crippen LogP contribution < -0.4 is 15.4 Å². The van der Waals surface area contributed by atoms with Crippen molar-refractivity contribution in [2.75, 3.05) is 23.5 Å². The van der Waals surface area contributed by atoms with E-state index >= 15 is 0 Å². The summed E-state index contributed by atoms with van der Waals surface area (Å²) in [5.74, 6) is 0.313. The number of ether oxygens (including phenoxy) is 1. The molecular formula is C20H17ClN2O4S. The maximum atomic E-state index is 12.3. The standard InChI is InChI=1S/C20H17ClN2O4S/c1-26-17-9-6-14(22-20(25)18-3-2-10-27-18)11-16(17)23-19(24)12-28-15-7-4-13(21)5-8-15/h2-11H,12H2,1H3,(H,22,25)(H,23,24). The van der Waals surface area contributed by atoms with Crippen molar-refractivity contribution >= 4 is 46.6 Å². The first-order chi connectivity index (χ1) is 13.5. The minimum atomic E-state index is -0.384. The number of benzene rings is 2. The molecule has 8 heteroatoms. The van der Waals surface area contributed by atoms with Crippen molar-refractivity contribution in [1.82, 2.24) is 0 Å². The topological polar surface area (TPSA) is 80.6 Å². The summed E-state index contributed by atoms with van der Waals surface area (Å²) in [6.45, 7) is 0. The van der Waals surface area contributed by atoms with Crippen molar-refractivity contribution in [2.24, 2.45) is 0 Å². The maximum Gasteiger partial charge on any atom is 0.291 e. The van der Waals surface area contributed by atoms with Crippen molar-refractivity contribution in [3.8, 4) is 5.75 Å². The van der Waals surface area contributed by atoms with Crippen molar-refractivity contribution in [3.63, 3.8) is 0 Å². The highest BCUT2D eigenvalue weighted by Gasteiger charge is 2.13. The molecule has 0 aliphatic carbocycles. The minimum absolute atomic E-state index is 0.195. The molecule has 0 bridgehead atoms. The molecule has 0 atom stereocenters. The molecule has 0 fully saturated rings.